The fourth-order valence-electron chi connectivity index (χ4n) is 1.20. The minimum Gasteiger partial charge on any atom is -0.467 e. The summed E-state index contributed by atoms with van der Waals surface area (Å²) in [5, 5.41) is 0. The molecule has 74 valence electrons. The number of hydrogen-bond acceptors (Lipinski definition) is 2. The number of ether oxygens (including phenoxy) is 1. The van der Waals surface area contributed by atoms with Crippen LogP contribution in [0.1, 0.15) is 32.6 Å². The van der Waals surface area contributed by atoms with Crippen LogP contribution in [-0.4, -0.2) is 13.1 Å². The van der Waals surface area contributed by atoms with Crippen molar-refractivity contribution in [2.75, 3.05) is 6.61 Å². The smallest absolute Gasteiger partial charge is 0.293 e. The number of carbonyl (C=O) groups excluding carboxylic acids is 1. The number of carbonyl (C=O) groups is 1. The molecule has 0 bridgehead atoms. The monoisotopic (exact) mass is 182 g/mol. The standard InChI is InChI=1S/C11H18O2/c1-3-5-6-8-11(7-4-2)9-13-10-12/h7,10-11H,2-3,5-6,8-9H2,1H3. The first-order valence-electron chi connectivity index (χ1n) is 4.76. The predicted octanol–water partition coefficient (Wildman–Crippen LogP) is 2.70. The summed E-state index contributed by atoms with van der Waals surface area (Å²) in [6, 6.07) is 0. The van der Waals surface area contributed by atoms with Gasteiger partial charge in [-0.2, -0.15) is 0 Å². The van der Waals surface area contributed by atoms with Gasteiger partial charge < -0.3 is 4.74 Å². The van der Waals surface area contributed by atoms with E-state index in [0.717, 1.165) is 6.42 Å². The zero-order chi connectivity index (χ0) is 9.94. The molecule has 2 heteroatoms. The lowest BCUT2D eigenvalue weighted by Crippen LogP contribution is -2.06. The Kier molecular flexibility index (Phi) is 8.38. The van der Waals surface area contributed by atoms with E-state index in [1.54, 1.807) is 0 Å². The SMILES string of the molecule is C=C=CC(CCCCC)COC=O. The van der Waals surface area contributed by atoms with Crippen LogP contribution in [0.5, 0.6) is 0 Å². The van der Waals surface area contributed by atoms with E-state index in [0.29, 0.717) is 13.1 Å². The van der Waals surface area contributed by atoms with E-state index >= 15 is 0 Å². The Labute approximate surface area is 80.3 Å². The summed E-state index contributed by atoms with van der Waals surface area (Å²) < 4.78 is 4.70. The second-order valence-corrected chi connectivity index (χ2v) is 3.06. The average Bonchev–Trinajstić information content (AvgIpc) is 2.14. The Morgan fingerprint density at radius 2 is 2.31 bits per heavy atom. The molecule has 0 aliphatic rings. The van der Waals surface area contributed by atoms with Gasteiger partial charge in [-0.25, -0.2) is 0 Å². The average molecular weight is 182 g/mol. The van der Waals surface area contributed by atoms with Crippen molar-refractivity contribution >= 4 is 6.47 Å². The molecule has 0 amide bonds. The first-order chi connectivity index (χ1) is 6.35. The molecule has 0 N–H and O–H groups in total. The van der Waals surface area contributed by atoms with E-state index in [1.807, 2.05) is 6.08 Å². The van der Waals surface area contributed by atoms with Crippen molar-refractivity contribution in [2.45, 2.75) is 32.6 Å². The summed E-state index contributed by atoms with van der Waals surface area (Å²) in [6.45, 7) is 6.62. The van der Waals surface area contributed by atoms with Gasteiger partial charge in [0.25, 0.3) is 6.47 Å². The van der Waals surface area contributed by atoms with Gasteiger partial charge in [0.2, 0.25) is 0 Å². The molecule has 1 atom stereocenters. The summed E-state index contributed by atoms with van der Waals surface area (Å²) in [5.41, 5.74) is 2.73. The van der Waals surface area contributed by atoms with Crippen molar-refractivity contribution in [1.29, 1.82) is 0 Å². The number of rotatable bonds is 8. The molecule has 0 saturated heterocycles. The highest BCUT2D eigenvalue weighted by Crippen LogP contribution is 2.11. The van der Waals surface area contributed by atoms with E-state index in [9.17, 15) is 4.79 Å². The maximum atomic E-state index is 9.97. The highest BCUT2D eigenvalue weighted by atomic mass is 16.5. The van der Waals surface area contributed by atoms with E-state index in [4.69, 9.17) is 4.74 Å². The van der Waals surface area contributed by atoms with Crippen molar-refractivity contribution < 1.29 is 9.53 Å². The van der Waals surface area contributed by atoms with Gasteiger partial charge in [0, 0.05) is 5.92 Å². The minimum absolute atomic E-state index is 0.286. The lowest BCUT2D eigenvalue weighted by atomic mass is 10.0. The topological polar surface area (TPSA) is 26.3 Å². The van der Waals surface area contributed by atoms with Gasteiger partial charge in [0.15, 0.2) is 0 Å². The van der Waals surface area contributed by atoms with Crippen molar-refractivity contribution in [1.82, 2.24) is 0 Å². The molecule has 13 heavy (non-hydrogen) atoms. The van der Waals surface area contributed by atoms with Crippen molar-refractivity contribution in [2.24, 2.45) is 5.92 Å². The quantitative estimate of drug-likeness (QED) is 0.328. The van der Waals surface area contributed by atoms with Crippen LogP contribution in [0.4, 0.5) is 0 Å². The molecule has 0 saturated carbocycles. The van der Waals surface area contributed by atoms with E-state index < -0.39 is 0 Å². The fraction of sp³-hybridized carbons (Fsp3) is 0.636. The first kappa shape index (κ1) is 12.0. The third-order valence-electron chi connectivity index (χ3n) is 1.91. The van der Waals surface area contributed by atoms with Crippen molar-refractivity contribution in [3.05, 3.63) is 18.4 Å². The summed E-state index contributed by atoms with van der Waals surface area (Å²) >= 11 is 0. The molecular formula is C11H18O2. The van der Waals surface area contributed by atoms with Crippen LogP contribution in [0, 0.1) is 5.92 Å². The summed E-state index contributed by atoms with van der Waals surface area (Å²) in [7, 11) is 0. The predicted molar refractivity (Wildman–Crippen MR) is 53.4 cm³/mol. The van der Waals surface area contributed by atoms with Gasteiger partial charge >= 0.3 is 0 Å². The molecule has 0 aromatic heterocycles. The maximum Gasteiger partial charge on any atom is 0.293 e. The molecule has 0 rings (SSSR count). The largest absolute Gasteiger partial charge is 0.467 e. The molecule has 0 aliphatic carbocycles. The lowest BCUT2D eigenvalue weighted by molar-refractivity contribution is -0.129. The minimum atomic E-state index is 0.286. The summed E-state index contributed by atoms with van der Waals surface area (Å²) in [6.07, 6.45) is 6.52. The highest BCUT2D eigenvalue weighted by molar-refractivity contribution is 5.36. The molecule has 1 unspecified atom stereocenters. The molecular weight excluding hydrogens is 164 g/mol. The second kappa shape index (κ2) is 9.08. The van der Waals surface area contributed by atoms with Crippen LogP contribution in [0.25, 0.3) is 0 Å². The zero-order valence-electron chi connectivity index (χ0n) is 8.29. The van der Waals surface area contributed by atoms with Gasteiger partial charge in [-0.1, -0.05) is 32.8 Å². The molecule has 0 fully saturated rings. The second-order valence-electron chi connectivity index (χ2n) is 3.06. The Hall–Kier alpha value is -1.01. The Balaban J connectivity index is 3.65. The van der Waals surface area contributed by atoms with Crippen LogP contribution in [0.3, 0.4) is 0 Å². The van der Waals surface area contributed by atoms with Gasteiger partial charge in [-0.3, -0.25) is 4.79 Å². The first-order valence-corrected chi connectivity index (χ1v) is 4.76. The third-order valence-corrected chi connectivity index (χ3v) is 1.91. The Bertz CT molecular complexity index is 169. The van der Waals surface area contributed by atoms with Crippen LogP contribution < -0.4 is 0 Å². The van der Waals surface area contributed by atoms with Crippen LogP contribution >= 0.6 is 0 Å². The van der Waals surface area contributed by atoms with Crippen molar-refractivity contribution in [3.8, 4) is 0 Å². The highest BCUT2D eigenvalue weighted by Gasteiger charge is 2.04. The van der Waals surface area contributed by atoms with E-state index in [2.05, 4.69) is 19.2 Å². The van der Waals surface area contributed by atoms with Gasteiger partial charge in [-0.05, 0) is 12.5 Å². The number of hydrogen-bond donors (Lipinski definition) is 0. The zero-order valence-corrected chi connectivity index (χ0v) is 8.29. The summed E-state index contributed by atoms with van der Waals surface area (Å²) in [4.78, 5) is 9.97. The Morgan fingerprint density at radius 1 is 1.54 bits per heavy atom. The van der Waals surface area contributed by atoms with E-state index in [1.165, 1.54) is 19.3 Å². The molecule has 0 spiro atoms. The lowest BCUT2D eigenvalue weighted by Gasteiger charge is -2.09. The maximum absolute atomic E-state index is 9.97. The molecule has 2 nitrogen and oxygen atoms in total. The van der Waals surface area contributed by atoms with Crippen molar-refractivity contribution in [3.63, 3.8) is 0 Å². The van der Waals surface area contributed by atoms with Crippen LogP contribution in [-0.2, 0) is 9.53 Å². The van der Waals surface area contributed by atoms with Gasteiger partial charge in [0.05, 0.1) is 6.61 Å². The van der Waals surface area contributed by atoms with Crippen LogP contribution in [0.15, 0.2) is 18.4 Å². The Morgan fingerprint density at radius 3 is 2.85 bits per heavy atom. The van der Waals surface area contributed by atoms with E-state index in [-0.39, 0.29) is 5.92 Å². The summed E-state index contributed by atoms with van der Waals surface area (Å²) in [5.74, 6) is 0.286. The van der Waals surface area contributed by atoms with Crippen LogP contribution in [0.2, 0.25) is 0 Å². The van der Waals surface area contributed by atoms with Gasteiger partial charge in [0.1, 0.15) is 0 Å². The molecule has 0 radical (unpaired) electrons. The molecule has 0 aromatic carbocycles. The third kappa shape index (κ3) is 7.35. The number of unbranched alkanes of at least 4 members (excludes halogenated alkanes) is 2. The fourth-order valence-corrected chi connectivity index (χ4v) is 1.20. The normalized spacial score (nSPS) is 11.5. The molecule has 0 aromatic rings. The molecule has 0 heterocycles. The van der Waals surface area contributed by atoms with Gasteiger partial charge in [-0.15, -0.1) is 5.73 Å². The molecule has 0 aliphatic heterocycles.